The summed E-state index contributed by atoms with van der Waals surface area (Å²) in [5, 5.41) is 12.1. The summed E-state index contributed by atoms with van der Waals surface area (Å²) in [5.41, 5.74) is 0.676. The van der Waals surface area contributed by atoms with E-state index < -0.39 is 0 Å². The number of para-hydroxylation sites is 1. The number of aromatic nitrogens is 1. The topological polar surface area (TPSA) is 37.2 Å². The fraction of sp³-hybridized carbons (Fsp3) is 0. The van der Waals surface area contributed by atoms with Gasteiger partial charge in [-0.05, 0) is 17.9 Å². The summed E-state index contributed by atoms with van der Waals surface area (Å²) in [6.07, 6.45) is 1.75. The molecule has 0 radical (unpaired) electrons. The monoisotopic (exact) mass is 152 g/mol. The van der Waals surface area contributed by atoms with E-state index >= 15 is 0 Å². The molecule has 0 aliphatic heterocycles. The van der Waals surface area contributed by atoms with Gasteiger partial charge in [0, 0.05) is 11.5 Å². The molecule has 1 aromatic carbocycles. The molecule has 0 fully saturated rings. The summed E-state index contributed by atoms with van der Waals surface area (Å²) in [6, 6.07) is 9.01. The van der Waals surface area contributed by atoms with Crippen LogP contribution in [0.3, 0.4) is 0 Å². The van der Waals surface area contributed by atoms with Gasteiger partial charge in [-0.3, -0.25) is 0 Å². The maximum absolute atomic E-state index is 11.1. The molecule has 0 bridgehead atoms. The maximum Gasteiger partial charge on any atom is 1.00 e. The molecule has 0 aliphatic rings. The number of fused-ring (bicyclic) bond motifs is 1. The van der Waals surface area contributed by atoms with Crippen LogP contribution in [0.25, 0.3) is 10.9 Å². The van der Waals surface area contributed by atoms with Crippen LogP contribution in [-0.2, 0) is 0 Å². The summed E-state index contributed by atoms with van der Waals surface area (Å²) >= 11 is 0. The molecule has 54 valence electrons. The molecule has 1 heterocycles. The number of nitrogens with one attached hydrogen (secondary N) is 1. The van der Waals surface area contributed by atoms with Crippen molar-refractivity contribution in [1.29, 1.82) is 0 Å². The van der Waals surface area contributed by atoms with Crippen molar-refractivity contribution in [1.82, 2.24) is 0 Å². The Bertz CT molecular complexity index is 384. The summed E-state index contributed by atoms with van der Waals surface area (Å²) in [4.78, 5) is 2.91. The average Bonchev–Trinajstić information content (AvgIpc) is 2.06. The van der Waals surface area contributed by atoms with Gasteiger partial charge in [-0.15, -0.1) is 0 Å². The van der Waals surface area contributed by atoms with Crippen molar-refractivity contribution < 1.29 is 29.0 Å². The first-order valence-corrected chi connectivity index (χ1v) is 3.44. The normalized spacial score (nSPS) is 9.33. The van der Waals surface area contributed by atoms with E-state index in [4.69, 9.17) is 0 Å². The van der Waals surface area contributed by atoms with E-state index in [0.29, 0.717) is 5.52 Å². The van der Waals surface area contributed by atoms with Gasteiger partial charge in [0.05, 0.1) is 0 Å². The van der Waals surface area contributed by atoms with Gasteiger partial charge in [0.1, 0.15) is 0 Å². The van der Waals surface area contributed by atoms with Crippen LogP contribution in [0.15, 0.2) is 36.5 Å². The van der Waals surface area contributed by atoms with E-state index in [9.17, 15) is 5.11 Å². The maximum atomic E-state index is 11.1. The van der Waals surface area contributed by atoms with Gasteiger partial charge in [-0.25, -0.2) is 4.98 Å². The molecule has 0 spiro atoms. The third kappa shape index (κ3) is 1.45. The SMILES string of the molecule is [Li+].[O-]c1cccc2ccc[nH+]c12. The first kappa shape index (κ1) is 9.12. The van der Waals surface area contributed by atoms with Crippen LogP contribution in [0, 0.1) is 0 Å². The second kappa shape index (κ2) is 3.62. The standard InChI is InChI=1S/C9H7NO.Li/c11-8-5-1-3-7-4-2-6-10-9(7)8;/h1-6,11H;/q;+1. The molecule has 0 unspecified atom stereocenters. The van der Waals surface area contributed by atoms with Crippen LogP contribution in [0.5, 0.6) is 5.75 Å². The Balaban J connectivity index is 0.000000720. The minimum Gasteiger partial charge on any atom is -0.868 e. The molecular formula is C9H7LiNO+. The zero-order chi connectivity index (χ0) is 7.68. The van der Waals surface area contributed by atoms with Gasteiger partial charge < -0.3 is 5.11 Å². The van der Waals surface area contributed by atoms with Gasteiger partial charge in [-0.1, -0.05) is 12.1 Å². The van der Waals surface area contributed by atoms with E-state index in [1.165, 1.54) is 0 Å². The molecule has 0 saturated heterocycles. The zero-order valence-electron chi connectivity index (χ0n) is 6.87. The fourth-order valence-corrected chi connectivity index (χ4v) is 1.12. The first-order chi connectivity index (χ1) is 5.38. The van der Waals surface area contributed by atoms with Crippen LogP contribution in [0.2, 0.25) is 0 Å². The molecule has 2 aromatic rings. The van der Waals surface area contributed by atoms with E-state index in [2.05, 4.69) is 4.98 Å². The largest absolute Gasteiger partial charge is 1.00 e. The number of aromatic amines is 1. The quantitative estimate of drug-likeness (QED) is 0.392. The van der Waals surface area contributed by atoms with E-state index in [-0.39, 0.29) is 24.6 Å². The van der Waals surface area contributed by atoms with Crippen molar-refractivity contribution in [3.63, 3.8) is 0 Å². The van der Waals surface area contributed by atoms with Gasteiger partial charge >= 0.3 is 18.9 Å². The van der Waals surface area contributed by atoms with Crippen LogP contribution in [0.4, 0.5) is 0 Å². The Morgan fingerprint density at radius 3 is 2.58 bits per heavy atom. The Labute approximate surface area is 82.4 Å². The van der Waals surface area contributed by atoms with Crippen LogP contribution in [0.1, 0.15) is 0 Å². The number of rotatable bonds is 0. The Kier molecular flexibility index (Phi) is 2.75. The van der Waals surface area contributed by atoms with Gasteiger partial charge in [0.25, 0.3) is 0 Å². The molecule has 0 saturated carbocycles. The third-order valence-electron chi connectivity index (χ3n) is 1.66. The third-order valence-corrected chi connectivity index (χ3v) is 1.66. The summed E-state index contributed by atoms with van der Waals surface area (Å²) < 4.78 is 0. The smallest absolute Gasteiger partial charge is 0.868 e. The van der Waals surface area contributed by atoms with Crippen LogP contribution in [-0.4, -0.2) is 0 Å². The van der Waals surface area contributed by atoms with Gasteiger partial charge in [-0.2, -0.15) is 0 Å². The fourth-order valence-electron chi connectivity index (χ4n) is 1.12. The average molecular weight is 152 g/mol. The van der Waals surface area contributed by atoms with Crippen LogP contribution >= 0.6 is 0 Å². The Hall–Kier alpha value is -0.973. The second-order valence-electron chi connectivity index (χ2n) is 2.39. The van der Waals surface area contributed by atoms with Crippen molar-refractivity contribution in [3.05, 3.63) is 36.5 Å². The molecule has 1 aromatic heterocycles. The predicted molar refractivity (Wildman–Crippen MR) is 39.9 cm³/mol. The van der Waals surface area contributed by atoms with Crippen molar-refractivity contribution in [2.75, 3.05) is 0 Å². The van der Waals surface area contributed by atoms with Crippen LogP contribution < -0.4 is 29.0 Å². The minimum absolute atomic E-state index is 0. The molecule has 0 atom stereocenters. The Morgan fingerprint density at radius 1 is 1.08 bits per heavy atom. The second-order valence-corrected chi connectivity index (χ2v) is 2.39. The molecule has 0 aliphatic carbocycles. The number of hydrogen-bond donors (Lipinski definition) is 0. The molecule has 12 heavy (non-hydrogen) atoms. The molecular weight excluding hydrogens is 145 g/mol. The first-order valence-electron chi connectivity index (χ1n) is 3.44. The number of benzene rings is 1. The number of pyridine rings is 1. The van der Waals surface area contributed by atoms with Crippen molar-refractivity contribution in [3.8, 4) is 5.75 Å². The van der Waals surface area contributed by atoms with Gasteiger partial charge in [0.15, 0.2) is 6.20 Å². The van der Waals surface area contributed by atoms with Crippen molar-refractivity contribution in [2.24, 2.45) is 0 Å². The Morgan fingerprint density at radius 2 is 1.83 bits per heavy atom. The van der Waals surface area contributed by atoms with E-state index in [0.717, 1.165) is 5.39 Å². The van der Waals surface area contributed by atoms with Gasteiger partial charge in [0.2, 0.25) is 5.52 Å². The van der Waals surface area contributed by atoms with E-state index in [1.54, 1.807) is 18.3 Å². The summed E-state index contributed by atoms with van der Waals surface area (Å²) in [6.45, 7) is 0. The number of H-pyrrole nitrogens is 1. The molecule has 1 N–H and O–H groups in total. The van der Waals surface area contributed by atoms with Crippen molar-refractivity contribution >= 4 is 10.9 Å². The molecule has 2 nitrogen and oxygen atoms in total. The minimum atomic E-state index is 0. The predicted octanol–water partition coefficient (Wildman–Crippen LogP) is -2.27. The van der Waals surface area contributed by atoms with E-state index in [1.807, 2.05) is 18.2 Å². The summed E-state index contributed by atoms with van der Waals surface area (Å²) in [5.74, 6) is 0.0445. The number of hydrogen-bond acceptors (Lipinski definition) is 1. The summed E-state index contributed by atoms with van der Waals surface area (Å²) in [7, 11) is 0. The molecule has 2 rings (SSSR count). The van der Waals surface area contributed by atoms with Crippen molar-refractivity contribution in [2.45, 2.75) is 0 Å². The zero-order valence-corrected chi connectivity index (χ0v) is 6.87. The molecule has 0 amide bonds. The molecule has 3 heteroatoms.